The number of carbonyl (C=O) groups excluding carboxylic acids is 1. The summed E-state index contributed by atoms with van der Waals surface area (Å²) >= 11 is 0. The number of benzene rings is 1. The van der Waals surface area contributed by atoms with Crippen molar-refractivity contribution < 1.29 is 19.0 Å². The lowest BCUT2D eigenvalue weighted by Gasteiger charge is -2.36. The summed E-state index contributed by atoms with van der Waals surface area (Å²) in [5.41, 5.74) is 0.998. The third-order valence-corrected chi connectivity index (χ3v) is 3.50. The fourth-order valence-electron chi connectivity index (χ4n) is 2.18. The number of rotatable bonds is 7. The van der Waals surface area contributed by atoms with Crippen LogP contribution < -0.4 is 0 Å². The van der Waals surface area contributed by atoms with Crippen LogP contribution in [0.25, 0.3) is 0 Å². The van der Waals surface area contributed by atoms with Gasteiger partial charge in [-0.05, 0) is 5.56 Å². The molecule has 0 spiro atoms. The molecule has 5 nitrogen and oxygen atoms in total. The van der Waals surface area contributed by atoms with E-state index < -0.39 is 0 Å². The van der Waals surface area contributed by atoms with Crippen LogP contribution in [-0.2, 0) is 25.6 Å². The van der Waals surface area contributed by atoms with Gasteiger partial charge in [0.15, 0.2) is 0 Å². The first-order valence-corrected chi connectivity index (χ1v) is 6.98. The van der Waals surface area contributed by atoms with E-state index >= 15 is 0 Å². The topological polar surface area (TPSA) is 51.3 Å². The summed E-state index contributed by atoms with van der Waals surface area (Å²) in [5, 5.41) is 0. The van der Waals surface area contributed by atoms with E-state index in [-0.39, 0.29) is 24.8 Å². The number of ether oxygens (including phenoxy) is 3. The van der Waals surface area contributed by atoms with Crippen LogP contribution in [0.1, 0.15) is 12.0 Å². The second kappa shape index (κ2) is 6.35. The van der Waals surface area contributed by atoms with Crippen LogP contribution in [0.15, 0.2) is 30.3 Å². The summed E-state index contributed by atoms with van der Waals surface area (Å²) in [6, 6.07) is 9.69. The van der Waals surface area contributed by atoms with Crippen molar-refractivity contribution in [1.29, 1.82) is 0 Å². The zero-order valence-corrected chi connectivity index (χ0v) is 11.4. The number of carbonyl (C=O) groups is 1. The number of esters is 1. The molecule has 2 saturated heterocycles. The van der Waals surface area contributed by atoms with Gasteiger partial charge in [-0.1, -0.05) is 30.3 Å². The third kappa shape index (κ3) is 3.79. The average molecular weight is 277 g/mol. The fraction of sp³-hybridized carbons (Fsp3) is 0.533. The summed E-state index contributed by atoms with van der Waals surface area (Å²) in [4.78, 5) is 13.9. The minimum atomic E-state index is -0.218. The molecule has 0 aliphatic carbocycles. The van der Waals surface area contributed by atoms with Gasteiger partial charge < -0.3 is 14.2 Å². The van der Waals surface area contributed by atoms with Gasteiger partial charge in [0.1, 0.15) is 12.8 Å². The van der Waals surface area contributed by atoms with Gasteiger partial charge >= 0.3 is 5.97 Å². The van der Waals surface area contributed by atoms with Gasteiger partial charge in [-0.15, -0.1) is 0 Å². The lowest BCUT2D eigenvalue weighted by atomic mass is 10.2. The summed E-state index contributed by atoms with van der Waals surface area (Å²) in [6.45, 7) is 2.87. The molecule has 0 bridgehead atoms. The van der Waals surface area contributed by atoms with Crippen LogP contribution in [0.4, 0.5) is 0 Å². The molecule has 0 N–H and O–H groups in total. The highest BCUT2D eigenvalue weighted by atomic mass is 16.6. The van der Waals surface area contributed by atoms with E-state index in [1.54, 1.807) is 0 Å². The Morgan fingerprint density at radius 3 is 2.65 bits per heavy atom. The standard InChI is InChI=1S/C15H19NO4/c17-15(20-10-12-4-2-1-3-5-12)9-16(8-13-11-19-13)14-6-7-18-14/h1-5,13-14H,6-11H2. The summed E-state index contributed by atoms with van der Waals surface area (Å²) in [5.74, 6) is -0.218. The smallest absolute Gasteiger partial charge is 0.320 e. The Hall–Kier alpha value is -1.43. The lowest BCUT2D eigenvalue weighted by Crippen LogP contribution is -2.48. The van der Waals surface area contributed by atoms with Gasteiger partial charge in [-0.3, -0.25) is 9.69 Å². The SMILES string of the molecule is O=C(CN(CC1CO1)C1CCO1)OCc1ccccc1. The lowest BCUT2D eigenvalue weighted by molar-refractivity contribution is -0.166. The number of hydrogen-bond acceptors (Lipinski definition) is 5. The van der Waals surface area contributed by atoms with Crippen molar-refractivity contribution in [2.45, 2.75) is 25.4 Å². The van der Waals surface area contributed by atoms with Crippen LogP contribution in [0.3, 0.4) is 0 Å². The molecule has 1 aromatic carbocycles. The van der Waals surface area contributed by atoms with Gasteiger partial charge in [0.2, 0.25) is 0 Å². The average Bonchev–Trinajstić information content (AvgIpc) is 3.19. The molecule has 2 heterocycles. The van der Waals surface area contributed by atoms with Crippen molar-refractivity contribution in [3.8, 4) is 0 Å². The second-order valence-electron chi connectivity index (χ2n) is 5.15. The van der Waals surface area contributed by atoms with Crippen molar-refractivity contribution in [1.82, 2.24) is 4.90 Å². The number of epoxide rings is 1. The van der Waals surface area contributed by atoms with Crippen molar-refractivity contribution >= 4 is 5.97 Å². The minimum Gasteiger partial charge on any atom is -0.460 e. The quantitative estimate of drug-likeness (QED) is 0.553. The van der Waals surface area contributed by atoms with Crippen molar-refractivity contribution in [3.63, 3.8) is 0 Å². The van der Waals surface area contributed by atoms with E-state index in [0.717, 1.165) is 31.7 Å². The molecule has 108 valence electrons. The van der Waals surface area contributed by atoms with Crippen LogP contribution in [-0.4, -0.2) is 49.5 Å². The van der Waals surface area contributed by atoms with Gasteiger partial charge in [0, 0.05) is 13.0 Å². The molecule has 2 unspecified atom stereocenters. The summed E-state index contributed by atoms with van der Waals surface area (Å²) < 4.78 is 16.0. The molecule has 2 aliphatic heterocycles. The van der Waals surface area contributed by atoms with E-state index in [1.165, 1.54) is 0 Å². The Labute approximate surface area is 118 Å². The van der Waals surface area contributed by atoms with Gasteiger partial charge in [0.25, 0.3) is 0 Å². The van der Waals surface area contributed by atoms with Crippen molar-refractivity contribution in [3.05, 3.63) is 35.9 Å². The molecule has 0 amide bonds. The van der Waals surface area contributed by atoms with Crippen molar-refractivity contribution in [2.24, 2.45) is 0 Å². The monoisotopic (exact) mass is 277 g/mol. The molecular formula is C15H19NO4. The minimum absolute atomic E-state index is 0.0449. The van der Waals surface area contributed by atoms with E-state index in [9.17, 15) is 4.79 Å². The highest BCUT2D eigenvalue weighted by molar-refractivity contribution is 5.71. The molecule has 3 rings (SSSR count). The molecule has 0 saturated carbocycles. The van der Waals surface area contributed by atoms with E-state index in [0.29, 0.717) is 6.61 Å². The zero-order chi connectivity index (χ0) is 13.8. The third-order valence-electron chi connectivity index (χ3n) is 3.50. The van der Waals surface area contributed by atoms with Crippen molar-refractivity contribution in [2.75, 3.05) is 26.3 Å². The molecule has 2 fully saturated rings. The molecule has 2 aliphatic rings. The van der Waals surface area contributed by atoms with Crippen LogP contribution in [0, 0.1) is 0 Å². The summed E-state index contributed by atoms with van der Waals surface area (Å²) in [6.07, 6.45) is 1.27. The maximum atomic E-state index is 11.9. The van der Waals surface area contributed by atoms with Crippen LogP contribution >= 0.6 is 0 Å². The van der Waals surface area contributed by atoms with Gasteiger partial charge in [0.05, 0.1) is 25.9 Å². The maximum absolute atomic E-state index is 11.9. The molecule has 0 radical (unpaired) electrons. The Balaban J connectivity index is 1.45. The Morgan fingerprint density at radius 1 is 1.30 bits per heavy atom. The number of nitrogens with zero attached hydrogens (tertiary/aromatic N) is 1. The zero-order valence-electron chi connectivity index (χ0n) is 11.4. The van der Waals surface area contributed by atoms with E-state index in [1.807, 2.05) is 35.2 Å². The molecule has 1 aromatic rings. The summed E-state index contributed by atoms with van der Waals surface area (Å²) in [7, 11) is 0. The molecular weight excluding hydrogens is 258 g/mol. The first-order chi connectivity index (χ1) is 9.81. The predicted molar refractivity (Wildman–Crippen MR) is 71.9 cm³/mol. The largest absolute Gasteiger partial charge is 0.460 e. The Kier molecular flexibility index (Phi) is 4.30. The van der Waals surface area contributed by atoms with E-state index in [4.69, 9.17) is 14.2 Å². The predicted octanol–water partition coefficient (Wildman–Crippen LogP) is 1.18. The highest BCUT2D eigenvalue weighted by Gasteiger charge is 2.33. The van der Waals surface area contributed by atoms with Crippen LogP contribution in [0.2, 0.25) is 0 Å². The van der Waals surface area contributed by atoms with Gasteiger partial charge in [-0.25, -0.2) is 0 Å². The first kappa shape index (κ1) is 13.5. The second-order valence-corrected chi connectivity index (χ2v) is 5.15. The first-order valence-electron chi connectivity index (χ1n) is 6.98. The molecule has 0 aromatic heterocycles. The van der Waals surface area contributed by atoms with Crippen LogP contribution in [0.5, 0.6) is 0 Å². The number of hydrogen-bond donors (Lipinski definition) is 0. The van der Waals surface area contributed by atoms with E-state index in [2.05, 4.69) is 0 Å². The highest BCUT2D eigenvalue weighted by Crippen LogP contribution is 2.20. The molecule has 20 heavy (non-hydrogen) atoms. The Bertz CT molecular complexity index is 442. The normalized spacial score (nSPS) is 24.2. The fourth-order valence-corrected chi connectivity index (χ4v) is 2.18. The molecule has 5 heteroatoms. The Morgan fingerprint density at radius 2 is 2.05 bits per heavy atom. The maximum Gasteiger partial charge on any atom is 0.320 e. The van der Waals surface area contributed by atoms with Gasteiger partial charge in [-0.2, -0.15) is 0 Å². The molecule has 2 atom stereocenters.